The number of carbonyl (C=O) groups is 3. The van der Waals surface area contributed by atoms with Crippen LogP contribution in [0.1, 0.15) is 22.5 Å². The van der Waals surface area contributed by atoms with E-state index >= 15 is 0 Å². The van der Waals surface area contributed by atoms with E-state index in [0.29, 0.717) is 12.2 Å². The molecular formula is C19H21N3O7S. The molecule has 0 fully saturated rings. The molecule has 2 N–H and O–H groups in total. The largest absolute Gasteiger partial charge is 0.459 e. The van der Waals surface area contributed by atoms with Crippen LogP contribution in [-0.4, -0.2) is 47.4 Å². The molecule has 1 atom stereocenters. The van der Waals surface area contributed by atoms with Gasteiger partial charge in [0.05, 0.1) is 22.4 Å². The fourth-order valence-electron chi connectivity index (χ4n) is 2.50. The van der Waals surface area contributed by atoms with Gasteiger partial charge >= 0.3 is 5.97 Å². The molecule has 11 heteroatoms. The minimum atomic E-state index is -0.956. The molecule has 1 aromatic heterocycles. The Bertz CT molecular complexity index is 915. The van der Waals surface area contributed by atoms with Crippen molar-refractivity contribution < 1.29 is 28.5 Å². The topological polar surface area (TPSA) is 141 Å². The first kappa shape index (κ1) is 22.9. The number of ether oxygens (including phenoxy) is 1. The number of thioether (sulfide) groups is 1. The molecule has 0 aliphatic rings. The standard InChI is InChI=1S/C19H21N3O7S/c1-12-13(5-3-6-15(12)22(26)27)20-17(23)11-29-19(25)14(8-10-30-2)21-18(24)16-7-4-9-28-16/h3-7,9,14H,8,10-11H2,1-2H3,(H,20,23)(H,21,24)/t14-/m0/s1. The Balaban J connectivity index is 1.95. The maximum atomic E-state index is 12.4. The molecule has 0 aliphatic heterocycles. The van der Waals surface area contributed by atoms with Gasteiger partial charge in [-0.3, -0.25) is 19.7 Å². The third-order valence-electron chi connectivity index (χ3n) is 4.07. The van der Waals surface area contributed by atoms with Gasteiger partial charge in [-0.05, 0) is 43.6 Å². The minimum absolute atomic E-state index is 0.0517. The van der Waals surface area contributed by atoms with Crippen LogP contribution in [0.2, 0.25) is 0 Å². The predicted octanol–water partition coefficient (Wildman–Crippen LogP) is 2.53. The molecule has 10 nitrogen and oxygen atoms in total. The summed E-state index contributed by atoms with van der Waals surface area (Å²) in [5.41, 5.74) is 0.392. The first-order valence-corrected chi connectivity index (χ1v) is 10.3. The summed E-state index contributed by atoms with van der Waals surface area (Å²) >= 11 is 1.49. The number of nitro benzene ring substituents is 1. The zero-order chi connectivity index (χ0) is 22.1. The number of furan rings is 1. The van der Waals surface area contributed by atoms with Gasteiger partial charge in [0.2, 0.25) is 0 Å². The van der Waals surface area contributed by atoms with Crippen LogP contribution in [-0.2, 0) is 14.3 Å². The van der Waals surface area contributed by atoms with Gasteiger partial charge < -0.3 is 19.8 Å². The second kappa shape index (κ2) is 11.0. The number of hydrogen-bond acceptors (Lipinski definition) is 8. The summed E-state index contributed by atoms with van der Waals surface area (Å²) in [4.78, 5) is 47.1. The van der Waals surface area contributed by atoms with Crippen LogP contribution in [0.15, 0.2) is 41.0 Å². The van der Waals surface area contributed by atoms with Gasteiger partial charge in [-0.2, -0.15) is 11.8 Å². The molecule has 0 spiro atoms. The van der Waals surface area contributed by atoms with E-state index in [4.69, 9.17) is 9.15 Å². The average molecular weight is 435 g/mol. The molecule has 30 heavy (non-hydrogen) atoms. The Kier molecular flexibility index (Phi) is 8.41. The summed E-state index contributed by atoms with van der Waals surface area (Å²) in [5.74, 6) is -1.37. The van der Waals surface area contributed by atoms with Crippen LogP contribution in [0.5, 0.6) is 0 Å². The number of anilines is 1. The smallest absolute Gasteiger partial charge is 0.329 e. The SMILES string of the molecule is CSCC[C@H](NC(=O)c1ccco1)C(=O)OCC(=O)Nc1cccc([N+](=O)[O-])c1C. The van der Waals surface area contributed by atoms with E-state index in [1.807, 2.05) is 6.26 Å². The molecule has 2 amide bonds. The highest BCUT2D eigenvalue weighted by Gasteiger charge is 2.24. The highest BCUT2D eigenvalue weighted by Crippen LogP contribution is 2.24. The maximum Gasteiger partial charge on any atom is 0.329 e. The van der Waals surface area contributed by atoms with Crippen molar-refractivity contribution in [3.05, 3.63) is 58.0 Å². The summed E-state index contributed by atoms with van der Waals surface area (Å²) in [7, 11) is 0. The normalized spacial score (nSPS) is 11.4. The first-order chi connectivity index (χ1) is 14.3. The van der Waals surface area contributed by atoms with Crippen LogP contribution in [0, 0.1) is 17.0 Å². The van der Waals surface area contributed by atoms with Gasteiger partial charge in [0.15, 0.2) is 12.4 Å². The van der Waals surface area contributed by atoms with Crippen molar-refractivity contribution in [2.24, 2.45) is 0 Å². The Morgan fingerprint density at radius 2 is 2.03 bits per heavy atom. The minimum Gasteiger partial charge on any atom is -0.459 e. The van der Waals surface area contributed by atoms with E-state index in [0.717, 1.165) is 0 Å². The number of nitro groups is 1. The predicted molar refractivity (Wildman–Crippen MR) is 110 cm³/mol. The molecule has 0 saturated carbocycles. The second-order valence-corrected chi connectivity index (χ2v) is 7.13. The summed E-state index contributed by atoms with van der Waals surface area (Å²) in [5, 5.41) is 16.0. The zero-order valence-corrected chi connectivity index (χ0v) is 17.2. The van der Waals surface area contributed by atoms with Gasteiger partial charge in [-0.15, -0.1) is 0 Å². The fourth-order valence-corrected chi connectivity index (χ4v) is 2.97. The highest BCUT2D eigenvalue weighted by molar-refractivity contribution is 7.98. The number of carbonyl (C=O) groups excluding carboxylic acids is 3. The zero-order valence-electron chi connectivity index (χ0n) is 16.4. The summed E-state index contributed by atoms with van der Waals surface area (Å²) < 4.78 is 10.0. The van der Waals surface area contributed by atoms with E-state index in [2.05, 4.69) is 10.6 Å². The van der Waals surface area contributed by atoms with E-state index in [1.54, 1.807) is 6.07 Å². The van der Waals surface area contributed by atoms with Gasteiger partial charge in [-0.1, -0.05) is 6.07 Å². The lowest BCUT2D eigenvalue weighted by Gasteiger charge is -2.17. The molecule has 0 bridgehead atoms. The summed E-state index contributed by atoms with van der Waals surface area (Å²) in [6.07, 6.45) is 3.49. The van der Waals surface area contributed by atoms with Crippen LogP contribution >= 0.6 is 11.8 Å². The number of nitrogens with one attached hydrogen (secondary N) is 2. The lowest BCUT2D eigenvalue weighted by molar-refractivity contribution is -0.385. The maximum absolute atomic E-state index is 12.4. The monoisotopic (exact) mass is 435 g/mol. The Labute approximate surface area is 176 Å². The molecule has 1 heterocycles. The number of benzene rings is 1. The molecule has 160 valence electrons. The van der Waals surface area contributed by atoms with E-state index < -0.39 is 35.4 Å². The Hall–Kier alpha value is -3.34. The third-order valence-corrected chi connectivity index (χ3v) is 4.71. The molecule has 1 aromatic carbocycles. The average Bonchev–Trinajstić information content (AvgIpc) is 3.25. The van der Waals surface area contributed by atoms with Crippen LogP contribution < -0.4 is 10.6 Å². The number of nitrogens with zero attached hydrogens (tertiary/aromatic N) is 1. The van der Waals surface area contributed by atoms with Crippen LogP contribution in [0.3, 0.4) is 0 Å². The molecule has 0 unspecified atom stereocenters. The van der Waals surface area contributed by atoms with E-state index in [9.17, 15) is 24.5 Å². The molecule has 0 saturated heterocycles. The van der Waals surface area contributed by atoms with Crippen molar-refractivity contribution >= 4 is 40.9 Å². The van der Waals surface area contributed by atoms with Gasteiger partial charge in [0.1, 0.15) is 6.04 Å². The van der Waals surface area contributed by atoms with Gasteiger partial charge in [-0.25, -0.2) is 4.79 Å². The van der Waals surface area contributed by atoms with E-state index in [-0.39, 0.29) is 22.7 Å². The molecule has 2 aromatic rings. The number of hydrogen-bond donors (Lipinski definition) is 2. The van der Waals surface area contributed by atoms with E-state index in [1.165, 1.54) is 49.2 Å². The fraction of sp³-hybridized carbons (Fsp3) is 0.316. The molecule has 2 rings (SSSR count). The molecule has 0 radical (unpaired) electrons. The summed E-state index contributed by atoms with van der Waals surface area (Å²) in [6, 6.07) is 6.32. The van der Waals surface area contributed by atoms with Crippen LogP contribution in [0.4, 0.5) is 11.4 Å². The molecular weight excluding hydrogens is 414 g/mol. The molecule has 0 aliphatic carbocycles. The van der Waals surface area contributed by atoms with Crippen LogP contribution in [0.25, 0.3) is 0 Å². The van der Waals surface area contributed by atoms with Gasteiger partial charge in [0, 0.05) is 6.07 Å². The van der Waals surface area contributed by atoms with Crippen molar-refractivity contribution in [2.45, 2.75) is 19.4 Å². The van der Waals surface area contributed by atoms with Crippen molar-refractivity contribution in [1.29, 1.82) is 0 Å². The second-order valence-electron chi connectivity index (χ2n) is 6.15. The lowest BCUT2D eigenvalue weighted by Crippen LogP contribution is -2.43. The Morgan fingerprint density at radius 1 is 1.27 bits per heavy atom. The van der Waals surface area contributed by atoms with Crippen molar-refractivity contribution in [2.75, 3.05) is 23.9 Å². The number of esters is 1. The number of amides is 2. The number of rotatable bonds is 10. The van der Waals surface area contributed by atoms with Crippen molar-refractivity contribution in [3.8, 4) is 0 Å². The summed E-state index contributed by atoms with van der Waals surface area (Å²) in [6.45, 7) is 0.899. The van der Waals surface area contributed by atoms with Gasteiger partial charge in [0.25, 0.3) is 17.5 Å². The lowest BCUT2D eigenvalue weighted by atomic mass is 10.1. The highest BCUT2D eigenvalue weighted by atomic mass is 32.2. The van der Waals surface area contributed by atoms with Crippen molar-refractivity contribution in [1.82, 2.24) is 5.32 Å². The van der Waals surface area contributed by atoms with Crippen molar-refractivity contribution in [3.63, 3.8) is 0 Å². The quantitative estimate of drug-likeness (QED) is 0.329. The Morgan fingerprint density at radius 3 is 2.67 bits per heavy atom. The third kappa shape index (κ3) is 6.34. The first-order valence-electron chi connectivity index (χ1n) is 8.87.